The van der Waals surface area contributed by atoms with Gasteiger partial charge in [-0.15, -0.1) is 0 Å². The molecule has 2 aromatic rings. The first-order valence-corrected chi connectivity index (χ1v) is 11.1. The maximum Gasteiger partial charge on any atom is 0.295 e. The molecule has 7 heteroatoms. The molecule has 0 bridgehead atoms. The van der Waals surface area contributed by atoms with Crippen LogP contribution < -0.4 is 9.47 Å². The number of likely N-dealkylation sites (tertiary alicyclic amines) is 1. The quantitative estimate of drug-likeness (QED) is 0.354. The lowest BCUT2D eigenvalue weighted by Crippen LogP contribution is -2.32. The summed E-state index contributed by atoms with van der Waals surface area (Å²) in [5.74, 6) is -0.322. The first kappa shape index (κ1) is 24.3. The molecule has 1 aliphatic rings. The second-order valence-electron chi connectivity index (χ2n) is 8.58. The third-order valence-electron chi connectivity index (χ3n) is 5.48. The largest absolute Gasteiger partial charge is 0.507 e. The van der Waals surface area contributed by atoms with Crippen molar-refractivity contribution in [2.24, 2.45) is 0 Å². The smallest absolute Gasteiger partial charge is 0.295 e. The number of ketones is 1. The van der Waals surface area contributed by atoms with Gasteiger partial charge in [0.15, 0.2) is 0 Å². The lowest BCUT2D eigenvalue weighted by Gasteiger charge is -2.27. The fourth-order valence-electron chi connectivity index (χ4n) is 4.00. The highest BCUT2D eigenvalue weighted by Gasteiger charge is 2.46. The van der Waals surface area contributed by atoms with Gasteiger partial charge < -0.3 is 24.4 Å². The summed E-state index contributed by atoms with van der Waals surface area (Å²) in [4.78, 5) is 29.7. The Bertz CT molecular complexity index is 1030. The van der Waals surface area contributed by atoms with Crippen LogP contribution in [0.25, 0.3) is 5.76 Å². The molecule has 176 valence electrons. The molecule has 3 rings (SSSR count). The maximum atomic E-state index is 13.1. The second-order valence-corrected chi connectivity index (χ2v) is 8.58. The van der Waals surface area contributed by atoms with Gasteiger partial charge in [0.05, 0.1) is 24.8 Å². The summed E-state index contributed by atoms with van der Waals surface area (Å²) in [6.45, 7) is 5.00. The van der Waals surface area contributed by atoms with Gasteiger partial charge in [-0.1, -0.05) is 18.2 Å². The Balaban J connectivity index is 2.08. The minimum Gasteiger partial charge on any atom is -0.507 e. The fraction of sp³-hybridized carbons (Fsp3) is 0.385. The van der Waals surface area contributed by atoms with E-state index in [1.54, 1.807) is 37.4 Å². The summed E-state index contributed by atoms with van der Waals surface area (Å²) >= 11 is 0. The van der Waals surface area contributed by atoms with Crippen LogP contribution in [-0.4, -0.2) is 67.0 Å². The van der Waals surface area contributed by atoms with Crippen LogP contribution in [0.4, 0.5) is 0 Å². The van der Waals surface area contributed by atoms with Crippen molar-refractivity contribution < 1.29 is 24.2 Å². The number of methoxy groups -OCH3 is 1. The van der Waals surface area contributed by atoms with Crippen molar-refractivity contribution in [2.75, 3.05) is 34.3 Å². The summed E-state index contributed by atoms with van der Waals surface area (Å²) in [5, 5.41) is 11.2. The number of carbonyl (C=O) groups is 2. The Labute approximate surface area is 195 Å². The number of Topliss-reactive ketones (excluding diaryl/α,β-unsaturated/α-hetero) is 1. The summed E-state index contributed by atoms with van der Waals surface area (Å²) in [6, 6.07) is 13.4. The van der Waals surface area contributed by atoms with Crippen molar-refractivity contribution in [1.82, 2.24) is 9.80 Å². The van der Waals surface area contributed by atoms with E-state index in [-0.39, 0.29) is 17.4 Å². The number of hydrogen-bond donors (Lipinski definition) is 1. The van der Waals surface area contributed by atoms with E-state index in [0.29, 0.717) is 35.6 Å². The van der Waals surface area contributed by atoms with Crippen LogP contribution in [-0.2, 0) is 9.59 Å². The van der Waals surface area contributed by atoms with Crippen molar-refractivity contribution in [3.63, 3.8) is 0 Å². The predicted octanol–water partition coefficient (Wildman–Crippen LogP) is 3.86. The van der Waals surface area contributed by atoms with E-state index in [1.807, 2.05) is 51.0 Å². The minimum absolute atomic E-state index is 0.0162. The SMILES string of the molecule is COc1ccccc1C1C(=C(O)c2ccc(OC(C)C)cc2)C(=O)C(=O)N1CCCN(C)C. The third-order valence-corrected chi connectivity index (χ3v) is 5.48. The number of amides is 1. The standard InChI is InChI=1S/C26H32N2O5/c1-17(2)33-19-13-11-18(12-14-19)24(29)22-23(20-9-6-7-10-21(20)32-5)28(26(31)25(22)30)16-8-15-27(3)4/h6-7,9-14,17,23,29H,8,15-16H2,1-5H3. The first-order chi connectivity index (χ1) is 15.7. The predicted molar refractivity (Wildman–Crippen MR) is 127 cm³/mol. The molecule has 1 N–H and O–H groups in total. The molecular weight excluding hydrogens is 420 g/mol. The molecule has 1 atom stereocenters. The van der Waals surface area contributed by atoms with E-state index in [1.165, 1.54) is 4.90 Å². The van der Waals surface area contributed by atoms with Crippen LogP contribution in [0, 0.1) is 0 Å². The average Bonchev–Trinajstić information content (AvgIpc) is 3.03. The Hall–Kier alpha value is -3.32. The van der Waals surface area contributed by atoms with E-state index in [4.69, 9.17) is 9.47 Å². The Morgan fingerprint density at radius 2 is 1.76 bits per heavy atom. The number of carbonyl (C=O) groups excluding carboxylic acids is 2. The second kappa shape index (κ2) is 10.5. The van der Waals surface area contributed by atoms with Crippen molar-refractivity contribution in [1.29, 1.82) is 0 Å². The normalized spacial score (nSPS) is 17.8. The summed E-state index contributed by atoms with van der Waals surface area (Å²) in [7, 11) is 5.46. The zero-order chi connectivity index (χ0) is 24.1. The van der Waals surface area contributed by atoms with Gasteiger partial charge in [0.25, 0.3) is 11.7 Å². The van der Waals surface area contributed by atoms with Crippen molar-refractivity contribution in [3.05, 3.63) is 65.2 Å². The van der Waals surface area contributed by atoms with E-state index >= 15 is 0 Å². The monoisotopic (exact) mass is 452 g/mol. The van der Waals surface area contributed by atoms with Crippen LogP contribution >= 0.6 is 0 Å². The number of para-hydroxylation sites is 1. The minimum atomic E-state index is -0.741. The molecule has 1 unspecified atom stereocenters. The third kappa shape index (κ3) is 5.37. The van der Waals surface area contributed by atoms with Gasteiger partial charge in [-0.05, 0) is 71.2 Å². The molecule has 2 aromatic carbocycles. The number of ether oxygens (including phenoxy) is 2. The van der Waals surface area contributed by atoms with Crippen LogP contribution in [0.3, 0.4) is 0 Å². The number of aliphatic hydroxyl groups excluding tert-OH is 1. The molecule has 1 fully saturated rings. The fourth-order valence-corrected chi connectivity index (χ4v) is 4.00. The van der Waals surface area contributed by atoms with Gasteiger partial charge in [-0.2, -0.15) is 0 Å². The molecule has 0 saturated carbocycles. The molecule has 7 nitrogen and oxygen atoms in total. The van der Waals surface area contributed by atoms with E-state index in [2.05, 4.69) is 0 Å². The molecule has 0 aliphatic carbocycles. The first-order valence-electron chi connectivity index (χ1n) is 11.1. The van der Waals surface area contributed by atoms with Gasteiger partial charge in [0.1, 0.15) is 17.3 Å². The zero-order valence-electron chi connectivity index (χ0n) is 19.9. The summed E-state index contributed by atoms with van der Waals surface area (Å²) in [6.07, 6.45) is 0.704. The highest BCUT2D eigenvalue weighted by Crippen LogP contribution is 2.42. The Morgan fingerprint density at radius 3 is 2.36 bits per heavy atom. The highest BCUT2D eigenvalue weighted by molar-refractivity contribution is 6.46. The Kier molecular flexibility index (Phi) is 7.76. The molecule has 1 saturated heterocycles. The number of nitrogens with zero attached hydrogens (tertiary/aromatic N) is 2. The molecule has 1 amide bonds. The lowest BCUT2D eigenvalue weighted by atomic mass is 9.94. The maximum absolute atomic E-state index is 13.1. The van der Waals surface area contributed by atoms with Gasteiger partial charge >= 0.3 is 0 Å². The number of rotatable bonds is 9. The average molecular weight is 453 g/mol. The van der Waals surface area contributed by atoms with Gasteiger partial charge in [-0.25, -0.2) is 0 Å². The zero-order valence-corrected chi connectivity index (χ0v) is 19.9. The van der Waals surface area contributed by atoms with Crippen LogP contribution in [0.2, 0.25) is 0 Å². The van der Waals surface area contributed by atoms with Gasteiger partial charge in [-0.3, -0.25) is 9.59 Å². The number of hydrogen-bond acceptors (Lipinski definition) is 6. The molecule has 0 spiro atoms. The van der Waals surface area contributed by atoms with Crippen LogP contribution in [0.15, 0.2) is 54.1 Å². The van der Waals surface area contributed by atoms with Crippen LogP contribution in [0.1, 0.15) is 37.4 Å². The lowest BCUT2D eigenvalue weighted by molar-refractivity contribution is -0.140. The number of benzene rings is 2. The van der Waals surface area contributed by atoms with E-state index < -0.39 is 17.7 Å². The van der Waals surface area contributed by atoms with E-state index in [0.717, 1.165) is 6.54 Å². The number of aliphatic hydroxyl groups is 1. The van der Waals surface area contributed by atoms with Gasteiger partial charge in [0, 0.05) is 17.7 Å². The molecular formula is C26H32N2O5. The molecule has 33 heavy (non-hydrogen) atoms. The summed E-state index contributed by atoms with van der Waals surface area (Å²) in [5.41, 5.74) is 1.16. The Morgan fingerprint density at radius 1 is 1.09 bits per heavy atom. The molecule has 0 aromatic heterocycles. The van der Waals surface area contributed by atoms with Crippen LogP contribution in [0.5, 0.6) is 11.5 Å². The van der Waals surface area contributed by atoms with Gasteiger partial charge in [0.2, 0.25) is 0 Å². The highest BCUT2D eigenvalue weighted by atomic mass is 16.5. The topological polar surface area (TPSA) is 79.3 Å². The van der Waals surface area contributed by atoms with Crippen molar-refractivity contribution in [2.45, 2.75) is 32.4 Å². The molecule has 0 radical (unpaired) electrons. The molecule has 1 aliphatic heterocycles. The van der Waals surface area contributed by atoms with Crippen molar-refractivity contribution in [3.8, 4) is 11.5 Å². The van der Waals surface area contributed by atoms with Crippen molar-refractivity contribution >= 4 is 17.4 Å². The molecule has 1 heterocycles. The summed E-state index contributed by atoms with van der Waals surface area (Å²) < 4.78 is 11.2. The van der Waals surface area contributed by atoms with E-state index in [9.17, 15) is 14.7 Å².